The largest absolute Gasteiger partial charge is 0.368 e. The van der Waals surface area contributed by atoms with E-state index in [1.54, 1.807) is 0 Å². The lowest BCUT2D eigenvalue weighted by molar-refractivity contribution is 0.304. The molecule has 1 aliphatic heterocycles. The summed E-state index contributed by atoms with van der Waals surface area (Å²) in [7, 11) is 0. The Kier molecular flexibility index (Phi) is 3.53. The molecule has 104 valence electrons. The lowest BCUT2D eigenvalue weighted by Crippen LogP contribution is -2.59. The van der Waals surface area contributed by atoms with E-state index in [-0.39, 0.29) is 0 Å². The van der Waals surface area contributed by atoms with E-state index >= 15 is 0 Å². The van der Waals surface area contributed by atoms with E-state index in [0.29, 0.717) is 11.5 Å². The fraction of sp³-hybridized carbons (Fsp3) is 0.647. The van der Waals surface area contributed by atoms with Gasteiger partial charge in [-0.05, 0) is 36.5 Å². The number of piperazine rings is 1. The molecular weight excluding hydrogens is 232 g/mol. The number of benzene rings is 1. The Bertz CT molecular complexity index is 433. The van der Waals surface area contributed by atoms with Crippen LogP contribution in [-0.4, -0.2) is 25.2 Å². The zero-order valence-electron chi connectivity index (χ0n) is 12.3. The molecule has 1 N–H and O–H groups in total. The van der Waals surface area contributed by atoms with Gasteiger partial charge in [0, 0.05) is 30.9 Å². The number of nitrogens with zero attached hydrogens (tertiary/aromatic N) is 1. The van der Waals surface area contributed by atoms with Gasteiger partial charge in [0.1, 0.15) is 0 Å². The van der Waals surface area contributed by atoms with E-state index in [1.165, 1.54) is 43.5 Å². The molecule has 1 saturated heterocycles. The third-order valence-electron chi connectivity index (χ3n) is 4.84. The molecule has 0 atom stereocenters. The van der Waals surface area contributed by atoms with E-state index < -0.39 is 0 Å². The minimum Gasteiger partial charge on any atom is -0.368 e. The smallest absolute Gasteiger partial charge is 0.0370 e. The molecule has 2 fully saturated rings. The Hall–Kier alpha value is -1.02. The molecule has 1 aromatic carbocycles. The minimum atomic E-state index is 0.409. The topological polar surface area (TPSA) is 15.3 Å². The highest BCUT2D eigenvalue weighted by molar-refractivity contribution is 5.50. The summed E-state index contributed by atoms with van der Waals surface area (Å²) in [6.45, 7) is 8.01. The summed E-state index contributed by atoms with van der Waals surface area (Å²) in [6.07, 6.45) is 5.50. The molecule has 2 nitrogen and oxygen atoms in total. The molecule has 2 heteroatoms. The highest BCUT2D eigenvalue weighted by Crippen LogP contribution is 2.34. The number of rotatable bonds is 2. The molecule has 0 aromatic heterocycles. The van der Waals surface area contributed by atoms with E-state index in [4.69, 9.17) is 0 Å². The molecule has 0 amide bonds. The number of anilines is 1. The van der Waals surface area contributed by atoms with Crippen LogP contribution in [0.2, 0.25) is 0 Å². The summed E-state index contributed by atoms with van der Waals surface area (Å²) >= 11 is 0. The van der Waals surface area contributed by atoms with Crippen LogP contribution in [-0.2, 0) is 0 Å². The maximum atomic E-state index is 3.79. The van der Waals surface area contributed by atoms with Gasteiger partial charge in [-0.1, -0.05) is 38.8 Å². The minimum absolute atomic E-state index is 0.409. The van der Waals surface area contributed by atoms with Gasteiger partial charge in [0.05, 0.1) is 0 Å². The lowest BCUT2D eigenvalue weighted by Gasteiger charge is -2.43. The fourth-order valence-electron chi connectivity index (χ4n) is 3.64. The van der Waals surface area contributed by atoms with Crippen LogP contribution in [0.4, 0.5) is 5.69 Å². The van der Waals surface area contributed by atoms with Gasteiger partial charge in [-0.3, -0.25) is 0 Å². The van der Waals surface area contributed by atoms with Gasteiger partial charge < -0.3 is 10.2 Å². The predicted octanol–water partition coefficient (Wildman–Crippen LogP) is 3.53. The summed E-state index contributed by atoms with van der Waals surface area (Å²) in [5.74, 6) is 0.614. The average Bonchev–Trinajstić information content (AvgIpc) is 2.87. The molecule has 0 radical (unpaired) electrons. The maximum absolute atomic E-state index is 3.79. The number of hydrogen-bond acceptors (Lipinski definition) is 2. The zero-order valence-corrected chi connectivity index (χ0v) is 12.3. The molecule has 1 heterocycles. The molecule has 0 unspecified atom stereocenters. The van der Waals surface area contributed by atoms with Crippen LogP contribution in [0, 0.1) is 0 Å². The second-order valence-corrected chi connectivity index (χ2v) is 6.59. The molecule has 2 aliphatic rings. The highest BCUT2D eigenvalue weighted by atomic mass is 15.2. The molecule has 1 aromatic rings. The second kappa shape index (κ2) is 5.16. The Morgan fingerprint density at radius 3 is 2.74 bits per heavy atom. The summed E-state index contributed by atoms with van der Waals surface area (Å²) in [5.41, 5.74) is 3.28. The maximum Gasteiger partial charge on any atom is 0.0370 e. The van der Waals surface area contributed by atoms with Crippen molar-refractivity contribution in [2.75, 3.05) is 24.5 Å². The van der Waals surface area contributed by atoms with Crippen molar-refractivity contribution in [1.82, 2.24) is 5.32 Å². The first-order valence-electron chi connectivity index (χ1n) is 7.79. The van der Waals surface area contributed by atoms with E-state index in [2.05, 4.69) is 48.3 Å². The number of nitrogens with one attached hydrogen (secondary N) is 1. The van der Waals surface area contributed by atoms with E-state index in [1.807, 2.05) is 0 Å². The molecule has 19 heavy (non-hydrogen) atoms. The second-order valence-electron chi connectivity index (χ2n) is 6.59. The van der Waals surface area contributed by atoms with E-state index in [0.717, 1.165) is 13.1 Å². The van der Waals surface area contributed by atoms with Gasteiger partial charge in [0.15, 0.2) is 0 Å². The fourth-order valence-corrected chi connectivity index (χ4v) is 3.64. The van der Waals surface area contributed by atoms with Crippen molar-refractivity contribution in [3.8, 4) is 0 Å². The average molecular weight is 258 g/mol. The van der Waals surface area contributed by atoms with Crippen molar-refractivity contribution in [3.05, 3.63) is 29.8 Å². The predicted molar refractivity (Wildman–Crippen MR) is 81.9 cm³/mol. The van der Waals surface area contributed by atoms with Gasteiger partial charge in [0.25, 0.3) is 0 Å². The van der Waals surface area contributed by atoms with Crippen molar-refractivity contribution < 1.29 is 0 Å². The van der Waals surface area contributed by atoms with Gasteiger partial charge in [0.2, 0.25) is 0 Å². The van der Waals surface area contributed by atoms with Gasteiger partial charge in [-0.2, -0.15) is 0 Å². The molecule has 1 spiro atoms. The molecule has 3 rings (SSSR count). The van der Waals surface area contributed by atoms with Gasteiger partial charge in [-0.25, -0.2) is 0 Å². The van der Waals surface area contributed by atoms with Crippen LogP contribution < -0.4 is 10.2 Å². The van der Waals surface area contributed by atoms with Crippen molar-refractivity contribution >= 4 is 5.69 Å². The Balaban J connectivity index is 1.79. The van der Waals surface area contributed by atoms with Crippen LogP contribution in [0.1, 0.15) is 51.0 Å². The Morgan fingerprint density at radius 1 is 1.21 bits per heavy atom. The Morgan fingerprint density at radius 2 is 2.00 bits per heavy atom. The van der Waals surface area contributed by atoms with E-state index in [9.17, 15) is 0 Å². The van der Waals surface area contributed by atoms with Gasteiger partial charge in [-0.15, -0.1) is 0 Å². The van der Waals surface area contributed by atoms with Gasteiger partial charge >= 0.3 is 0 Å². The first-order chi connectivity index (χ1) is 9.19. The summed E-state index contributed by atoms with van der Waals surface area (Å²) in [5, 5.41) is 3.79. The standard InChI is InChI=1S/C17H26N2/c1-14(2)15-6-5-7-16(12-15)19-11-10-18-17(13-19)8-3-4-9-17/h5-7,12,14,18H,3-4,8-11,13H2,1-2H3. The van der Waals surface area contributed by atoms with Crippen molar-refractivity contribution in [1.29, 1.82) is 0 Å². The zero-order chi connectivity index (χ0) is 13.3. The molecular formula is C17H26N2. The Labute approximate surface area is 117 Å². The molecule has 0 bridgehead atoms. The first kappa shape index (κ1) is 13.0. The molecule has 1 aliphatic carbocycles. The lowest BCUT2D eigenvalue weighted by atomic mass is 9.94. The SMILES string of the molecule is CC(C)c1cccc(N2CCNC3(CCCC3)C2)c1. The van der Waals surface area contributed by atoms with Crippen LogP contribution in [0.15, 0.2) is 24.3 Å². The summed E-state index contributed by atoms with van der Waals surface area (Å²) in [6, 6.07) is 9.13. The highest BCUT2D eigenvalue weighted by Gasteiger charge is 2.37. The third kappa shape index (κ3) is 2.64. The van der Waals surface area contributed by atoms with Crippen LogP contribution in [0.3, 0.4) is 0 Å². The third-order valence-corrected chi connectivity index (χ3v) is 4.84. The quantitative estimate of drug-likeness (QED) is 0.873. The van der Waals surface area contributed by atoms with Crippen LogP contribution >= 0.6 is 0 Å². The summed E-state index contributed by atoms with van der Waals surface area (Å²) < 4.78 is 0. The monoisotopic (exact) mass is 258 g/mol. The van der Waals surface area contributed by atoms with Crippen LogP contribution in [0.25, 0.3) is 0 Å². The summed E-state index contributed by atoms with van der Waals surface area (Å²) in [4.78, 5) is 2.59. The van der Waals surface area contributed by atoms with Crippen molar-refractivity contribution in [2.45, 2.75) is 51.0 Å². The number of hydrogen-bond donors (Lipinski definition) is 1. The van der Waals surface area contributed by atoms with Crippen molar-refractivity contribution in [3.63, 3.8) is 0 Å². The first-order valence-corrected chi connectivity index (χ1v) is 7.79. The molecule has 1 saturated carbocycles. The normalized spacial score (nSPS) is 22.4. The van der Waals surface area contributed by atoms with Crippen LogP contribution in [0.5, 0.6) is 0 Å². The van der Waals surface area contributed by atoms with Crippen molar-refractivity contribution in [2.24, 2.45) is 0 Å².